The Kier molecular flexibility index (Phi) is 2.07. The molecule has 2 aromatic rings. The lowest BCUT2D eigenvalue weighted by molar-refractivity contribution is -0.136. The number of phenolic OH excluding ortho intramolecular Hbond substituents is 1. The lowest BCUT2D eigenvalue weighted by Gasteiger charge is -1.97. The predicted molar refractivity (Wildman–Crippen MR) is 51.3 cm³/mol. The standard InChI is InChI=1S/C10H8FNO3/c11-6-2-7-5(1-9(14)15)4-12-10(7)8(13)3-6/h2-4,12-13H,1H2,(H,14,15). The van der Waals surface area contributed by atoms with Gasteiger partial charge in [-0.2, -0.15) is 0 Å². The summed E-state index contributed by atoms with van der Waals surface area (Å²) < 4.78 is 13.0. The van der Waals surface area contributed by atoms with Crippen LogP contribution in [-0.4, -0.2) is 21.2 Å². The zero-order chi connectivity index (χ0) is 11.0. The van der Waals surface area contributed by atoms with E-state index in [0.717, 1.165) is 6.07 Å². The van der Waals surface area contributed by atoms with E-state index in [-0.39, 0.29) is 12.2 Å². The monoisotopic (exact) mass is 209 g/mol. The van der Waals surface area contributed by atoms with Crippen molar-refractivity contribution in [1.82, 2.24) is 4.98 Å². The van der Waals surface area contributed by atoms with Gasteiger partial charge in [-0.05, 0) is 11.6 Å². The fourth-order valence-electron chi connectivity index (χ4n) is 1.54. The molecule has 78 valence electrons. The minimum absolute atomic E-state index is 0.205. The number of carboxylic acids is 1. The van der Waals surface area contributed by atoms with E-state index in [4.69, 9.17) is 5.11 Å². The number of nitrogens with one attached hydrogen (secondary N) is 1. The molecule has 1 heterocycles. The number of fused-ring (bicyclic) bond motifs is 1. The summed E-state index contributed by atoms with van der Waals surface area (Å²) in [5.74, 6) is -1.81. The molecule has 3 N–H and O–H groups in total. The molecule has 2 rings (SSSR count). The Morgan fingerprint density at radius 2 is 2.20 bits per heavy atom. The second-order valence-corrected chi connectivity index (χ2v) is 3.23. The van der Waals surface area contributed by atoms with Crippen LogP contribution in [0, 0.1) is 5.82 Å². The Hall–Kier alpha value is -2.04. The Morgan fingerprint density at radius 3 is 2.87 bits per heavy atom. The van der Waals surface area contributed by atoms with Crippen LogP contribution >= 0.6 is 0 Å². The van der Waals surface area contributed by atoms with Crippen LogP contribution in [0.2, 0.25) is 0 Å². The van der Waals surface area contributed by atoms with Crippen LogP contribution in [-0.2, 0) is 11.2 Å². The van der Waals surface area contributed by atoms with Crippen molar-refractivity contribution in [3.05, 3.63) is 29.7 Å². The first-order valence-electron chi connectivity index (χ1n) is 4.28. The Labute approximate surface area is 84.0 Å². The van der Waals surface area contributed by atoms with E-state index in [2.05, 4.69) is 4.98 Å². The molecule has 0 radical (unpaired) electrons. The van der Waals surface area contributed by atoms with Crippen molar-refractivity contribution in [3.8, 4) is 5.75 Å². The summed E-state index contributed by atoms with van der Waals surface area (Å²) >= 11 is 0. The lowest BCUT2D eigenvalue weighted by Crippen LogP contribution is -1.98. The molecule has 0 aliphatic heterocycles. The van der Waals surface area contributed by atoms with Crippen LogP contribution in [0.15, 0.2) is 18.3 Å². The second kappa shape index (κ2) is 3.27. The van der Waals surface area contributed by atoms with E-state index < -0.39 is 11.8 Å². The maximum atomic E-state index is 13.0. The average molecular weight is 209 g/mol. The van der Waals surface area contributed by atoms with Gasteiger partial charge in [0.1, 0.15) is 11.6 Å². The molecule has 1 aromatic heterocycles. The summed E-state index contributed by atoms with van der Waals surface area (Å²) in [6.45, 7) is 0. The van der Waals surface area contributed by atoms with E-state index >= 15 is 0 Å². The fourth-order valence-corrected chi connectivity index (χ4v) is 1.54. The van der Waals surface area contributed by atoms with Crippen LogP contribution in [0.25, 0.3) is 10.9 Å². The largest absolute Gasteiger partial charge is 0.506 e. The fraction of sp³-hybridized carbons (Fsp3) is 0.100. The molecular formula is C10H8FNO3. The molecule has 0 bridgehead atoms. The van der Waals surface area contributed by atoms with Crippen LogP contribution in [0.3, 0.4) is 0 Å². The van der Waals surface area contributed by atoms with Crippen LogP contribution < -0.4 is 0 Å². The van der Waals surface area contributed by atoms with Gasteiger partial charge in [0, 0.05) is 17.6 Å². The highest BCUT2D eigenvalue weighted by atomic mass is 19.1. The van der Waals surface area contributed by atoms with Gasteiger partial charge >= 0.3 is 5.97 Å². The van der Waals surface area contributed by atoms with Gasteiger partial charge in [0.2, 0.25) is 0 Å². The molecular weight excluding hydrogens is 201 g/mol. The Bertz CT molecular complexity index is 533. The first-order valence-corrected chi connectivity index (χ1v) is 4.28. The van der Waals surface area contributed by atoms with Gasteiger partial charge in [-0.1, -0.05) is 0 Å². The summed E-state index contributed by atoms with van der Waals surface area (Å²) in [5, 5.41) is 18.4. The van der Waals surface area contributed by atoms with Crippen molar-refractivity contribution < 1.29 is 19.4 Å². The number of H-pyrrole nitrogens is 1. The van der Waals surface area contributed by atoms with Gasteiger partial charge in [-0.25, -0.2) is 4.39 Å². The highest BCUT2D eigenvalue weighted by molar-refractivity contribution is 5.90. The van der Waals surface area contributed by atoms with E-state index in [9.17, 15) is 14.3 Å². The summed E-state index contributed by atoms with van der Waals surface area (Å²) in [5.41, 5.74) is 0.806. The van der Waals surface area contributed by atoms with Gasteiger partial charge in [0.25, 0.3) is 0 Å². The number of aliphatic carboxylic acids is 1. The van der Waals surface area contributed by atoms with Crippen LogP contribution in [0.4, 0.5) is 4.39 Å². The number of hydrogen-bond donors (Lipinski definition) is 3. The number of halogens is 1. The predicted octanol–water partition coefficient (Wildman–Crippen LogP) is 1.64. The van der Waals surface area contributed by atoms with E-state index in [1.165, 1.54) is 12.3 Å². The molecule has 0 amide bonds. The molecule has 0 aliphatic carbocycles. The number of hydrogen-bond acceptors (Lipinski definition) is 2. The molecule has 1 aromatic carbocycles. The van der Waals surface area contributed by atoms with Gasteiger partial charge in [0.15, 0.2) is 0 Å². The van der Waals surface area contributed by atoms with E-state index in [1.54, 1.807) is 0 Å². The number of aromatic hydroxyl groups is 1. The van der Waals surface area contributed by atoms with Crippen molar-refractivity contribution in [2.45, 2.75) is 6.42 Å². The normalized spacial score (nSPS) is 10.7. The van der Waals surface area contributed by atoms with Gasteiger partial charge in [-0.15, -0.1) is 0 Å². The third kappa shape index (κ3) is 1.63. The van der Waals surface area contributed by atoms with Gasteiger partial charge < -0.3 is 15.2 Å². The first kappa shape index (κ1) is 9.51. The first-order chi connectivity index (χ1) is 7.08. The molecule has 0 unspecified atom stereocenters. The molecule has 0 saturated heterocycles. The van der Waals surface area contributed by atoms with Crippen molar-refractivity contribution in [2.24, 2.45) is 0 Å². The number of rotatable bonds is 2. The molecule has 0 atom stereocenters. The van der Waals surface area contributed by atoms with E-state index in [1.807, 2.05) is 0 Å². The average Bonchev–Trinajstić information content (AvgIpc) is 2.48. The summed E-state index contributed by atoms with van der Waals surface area (Å²) in [6, 6.07) is 2.17. The summed E-state index contributed by atoms with van der Waals surface area (Å²) in [6.07, 6.45) is 1.25. The minimum atomic E-state index is -1.00. The maximum absolute atomic E-state index is 13.0. The van der Waals surface area contributed by atoms with Crippen molar-refractivity contribution in [3.63, 3.8) is 0 Å². The molecule has 0 fully saturated rings. The lowest BCUT2D eigenvalue weighted by atomic mass is 10.1. The van der Waals surface area contributed by atoms with Crippen LogP contribution in [0.5, 0.6) is 5.75 Å². The van der Waals surface area contributed by atoms with Gasteiger partial charge in [-0.3, -0.25) is 4.79 Å². The number of carbonyl (C=O) groups is 1. The topological polar surface area (TPSA) is 73.3 Å². The molecule has 0 spiro atoms. The molecule has 4 nitrogen and oxygen atoms in total. The summed E-state index contributed by atoms with van der Waals surface area (Å²) in [7, 11) is 0. The van der Waals surface area contributed by atoms with Crippen molar-refractivity contribution in [1.29, 1.82) is 0 Å². The highest BCUT2D eigenvalue weighted by Crippen LogP contribution is 2.27. The number of benzene rings is 1. The zero-order valence-corrected chi connectivity index (χ0v) is 7.62. The number of aromatic nitrogens is 1. The second-order valence-electron chi connectivity index (χ2n) is 3.23. The third-order valence-corrected chi connectivity index (χ3v) is 2.16. The van der Waals surface area contributed by atoms with E-state index in [0.29, 0.717) is 16.5 Å². The number of phenols is 1. The SMILES string of the molecule is O=C(O)Cc1c[nH]c2c(O)cc(F)cc12. The minimum Gasteiger partial charge on any atom is -0.506 e. The Balaban J connectivity index is 2.63. The van der Waals surface area contributed by atoms with Crippen molar-refractivity contribution >= 4 is 16.9 Å². The smallest absolute Gasteiger partial charge is 0.307 e. The van der Waals surface area contributed by atoms with Gasteiger partial charge in [0.05, 0.1) is 11.9 Å². The quantitative estimate of drug-likeness (QED) is 0.703. The highest BCUT2D eigenvalue weighted by Gasteiger charge is 2.11. The van der Waals surface area contributed by atoms with Crippen molar-refractivity contribution in [2.75, 3.05) is 0 Å². The third-order valence-electron chi connectivity index (χ3n) is 2.16. The molecule has 15 heavy (non-hydrogen) atoms. The molecule has 0 aliphatic rings. The molecule has 0 saturated carbocycles. The maximum Gasteiger partial charge on any atom is 0.307 e. The number of carboxylic acid groups (broad SMARTS) is 1. The molecule has 5 heteroatoms. The van der Waals surface area contributed by atoms with Crippen LogP contribution in [0.1, 0.15) is 5.56 Å². The number of aromatic amines is 1. The summed E-state index contributed by atoms with van der Waals surface area (Å²) in [4.78, 5) is 13.2. The Morgan fingerprint density at radius 1 is 1.47 bits per heavy atom. The zero-order valence-electron chi connectivity index (χ0n) is 7.62.